The molecule has 1 amide bonds. The van der Waals surface area contributed by atoms with E-state index in [1.165, 1.54) is 6.42 Å². The van der Waals surface area contributed by atoms with Crippen molar-refractivity contribution in [1.29, 1.82) is 0 Å². The van der Waals surface area contributed by atoms with Crippen LogP contribution in [-0.4, -0.2) is 54.3 Å². The Balaban J connectivity index is 3.74. The minimum atomic E-state index is -4.42. The van der Waals surface area contributed by atoms with Crippen LogP contribution in [-0.2, 0) is 27.9 Å². The van der Waals surface area contributed by atoms with Gasteiger partial charge in [-0.3, -0.25) is 18.6 Å². The van der Waals surface area contributed by atoms with E-state index in [4.69, 9.17) is 13.8 Å². The first-order chi connectivity index (χ1) is 22.3. The van der Waals surface area contributed by atoms with Gasteiger partial charge in [-0.2, -0.15) is 0 Å². The highest BCUT2D eigenvalue weighted by molar-refractivity contribution is 7.47. The van der Waals surface area contributed by atoms with Crippen LogP contribution >= 0.6 is 7.82 Å². The number of aliphatic hydroxyl groups excluding tert-OH is 1. The van der Waals surface area contributed by atoms with Gasteiger partial charge >= 0.3 is 13.8 Å². The van der Waals surface area contributed by atoms with Crippen molar-refractivity contribution in [3.05, 3.63) is 60.8 Å². The van der Waals surface area contributed by atoms with Crippen molar-refractivity contribution < 1.29 is 37.9 Å². The number of rotatable bonds is 31. The summed E-state index contributed by atoms with van der Waals surface area (Å²) in [5.41, 5.74) is 0. The van der Waals surface area contributed by atoms with Crippen molar-refractivity contribution in [1.82, 2.24) is 5.32 Å². The fourth-order valence-corrected chi connectivity index (χ4v) is 4.83. The number of carbonyl (C=O) groups excluding carboxylic acids is 2. The third-order valence-electron chi connectivity index (χ3n) is 6.66. The number of phosphoric acid groups is 1. The third-order valence-corrected chi connectivity index (χ3v) is 7.65. The summed E-state index contributed by atoms with van der Waals surface area (Å²) in [7, 11) is -4.42. The standard InChI is InChI=1S/C36H62NO8P/c1-3-5-7-9-11-13-15-16-17-18-19-20-22-24-26-28-35(39)37-30-31-44-46(41,42)45-33-34(38)32-43-36(40)29-27-25-23-21-14-12-10-8-6-4-2/h5,7-8,10-11,13,16-17,19-20,34,38H,3-4,6,9,12,14-15,18,21-33H2,1-2H3,(H,37,39)(H,41,42)/b7-5-,10-8-,13-11-,17-16-,20-19-. The Morgan fingerprint density at radius 3 is 1.91 bits per heavy atom. The molecule has 46 heavy (non-hydrogen) atoms. The summed E-state index contributed by atoms with van der Waals surface area (Å²) >= 11 is 0. The van der Waals surface area contributed by atoms with Gasteiger partial charge in [-0.25, -0.2) is 4.57 Å². The van der Waals surface area contributed by atoms with Crippen LogP contribution < -0.4 is 5.32 Å². The molecular formula is C36H62NO8P. The third kappa shape index (κ3) is 33.1. The molecule has 0 rings (SSSR count). The molecule has 0 spiro atoms. The van der Waals surface area contributed by atoms with E-state index in [0.717, 1.165) is 89.9 Å². The quantitative estimate of drug-likeness (QED) is 0.0290. The van der Waals surface area contributed by atoms with Gasteiger partial charge in [0.15, 0.2) is 0 Å². The average Bonchev–Trinajstić information content (AvgIpc) is 3.04. The number of phosphoric ester groups is 1. The van der Waals surface area contributed by atoms with Crippen molar-refractivity contribution in [2.75, 3.05) is 26.4 Å². The maximum atomic E-state index is 12.0. The summed E-state index contributed by atoms with van der Waals surface area (Å²) < 4.78 is 26.6. The topological polar surface area (TPSA) is 131 Å². The molecule has 0 saturated carbocycles. The summed E-state index contributed by atoms with van der Waals surface area (Å²) in [6.45, 7) is 3.27. The molecule has 2 unspecified atom stereocenters. The van der Waals surface area contributed by atoms with Gasteiger partial charge in [0.1, 0.15) is 12.7 Å². The predicted molar refractivity (Wildman–Crippen MR) is 187 cm³/mol. The van der Waals surface area contributed by atoms with Gasteiger partial charge in [0.25, 0.3) is 0 Å². The van der Waals surface area contributed by atoms with E-state index >= 15 is 0 Å². The molecule has 0 aromatic rings. The first kappa shape index (κ1) is 43.7. The normalized spacial score (nSPS) is 14.3. The van der Waals surface area contributed by atoms with E-state index in [9.17, 15) is 24.2 Å². The monoisotopic (exact) mass is 667 g/mol. The fourth-order valence-electron chi connectivity index (χ4n) is 4.08. The van der Waals surface area contributed by atoms with Gasteiger partial charge in [0.2, 0.25) is 5.91 Å². The lowest BCUT2D eigenvalue weighted by molar-refractivity contribution is -0.147. The number of amides is 1. The van der Waals surface area contributed by atoms with Crippen molar-refractivity contribution in [3.63, 3.8) is 0 Å². The van der Waals surface area contributed by atoms with Crippen molar-refractivity contribution in [2.24, 2.45) is 0 Å². The van der Waals surface area contributed by atoms with E-state index in [2.05, 4.69) is 79.9 Å². The van der Waals surface area contributed by atoms with Crippen LogP contribution in [0.15, 0.2) is 60.8 Å². The molecule has 0 heterocycles. The zero-order valence-corrected chi connectivity index (χ0v) is 29.4. The molecule has 0 bridgehead atoms. The minimum absolute atomic E-state index is 0.0553. The molecule has 10 heteroatoms. The van der Waals surface area contributed by atoms with Crippen molar-refractivity contribution >= 4 is 19.7 Å². The molecular weight excluding hydrogens is 605 g/mol. The number of aliphatic hydroxyl groups is 1. The number of carbonyl (C=O) groups is 2. The molecule has 0 saturated heterocycles. The Hall–Kier alpha value is -2.29. The number of nitrogens with one attached hydrogen (secondary N) is 1. The van der Waals surface area contributed by atoms with Crippen LogP contribution in [0.25, 0.3) is 0 Å². The smallest absolute Gasteiger partial charge is 0.463 e. The van der Waals surface area contributed by atoms with E-state index in [0.29, 0.717) is 6.42 Å². The van der Waals surface area contributed by atoms with Crippen molar-refractivity contribution in [2.45, 2.75) is 129 Å². The molecule has 0 fully saturated rings. The lowest BCUT2D eigenvalue weighted by Gasteiger charge is -2.15. The van der Waals surface area contributed by atoms with E-state index in [-0.39, 0.29) is 32.1 Å². The lowest BCUT2D eigenvalue weighted by Crippen LogP contribution is -2.27. The highest BCUT2D eigenvalue weighted by Crippen LogP contribution is 2.42. The van der Waals surface area contributed by atoms with Crippen LogP contribution in [0, 0.1) is 0 Å². The summed E-state index contributed by atoms with van der Waals surface area (Å²) in [6, 6.07) is 0. The zero-order valence-electron chi connectivity index (χ0n) is 28.5. The molecule has 2 atom stereocenters. The second kappa shape index (κ2) is 32.6. The molecule has 0 aliphatic rings. The van der Waals surface area contributed by atoms with Crippen LogP contribution in [0.1, 0.15) is 123 Å². The molecule has 0 aromatic carbocycles. The van der Waals surface area contributed by atoms with Crippen LogP contribution in [0.5, 0.6) is 0 Å². The van der Waals surface area contributed by atoms with Crippen LogP contribution in [0.2, 0.25) is 0 Å². The number of hydrogen-bond donors (Lipinski definition) is 3. The van der Waals surface area contributed by atoms with Crippen LogP contribution in [0.3, 0.4) is 0 Å². The number of allylic oxidation sites excluding steroid dienone is 10. The van der Waals surface area contributed by atoms with Gasteiger partial charge in [-0.1, -0.05) is 100 Å². The number of hydrogen-bond acceptors (Lipinski definition) is 7. The second-order valence-corrected chi connectivity index (χ2v) is 12.6. The maximum absolute atomic E-state index is 12.0. The average molecular weight is 668 g/mol. The second-order valence-electron chi connectivity index (χ2n) is 11.1. The minimum Gasteiger partial charge on any atom is -0.463 e. The predicted octanol–water partition coefficient (Wildman–Crippen LogP) is 8.59. The first-order valence-corrected chi connectivity index (χ1v) is 18.8. The number of unbranched alkanes of at least 4 members (excludes halogenated alkanes) is 8. The van der Waals surface area contributed by atoms with E-state index < -0.39 is 26.5 Å². The molecule has 9 nitrogen and oxygen atoms in total. The Labute approximate surface area is 278 Å². The number of esters is 1. The largest absolute Gasteiger partial charge is 0.472 e. The van der Waals surface area contributed by atoms with Gasteiger partial charge in [0, 0.05) is 19.4 Å². The van der Waals surface area contributed by atoms with E-state index in [1.807, 2.05) is 0 Å². The van der Waals surface area contributed by atoms with Gasteiger partial charge in [0.05, 0.1) is 13.2 Å². The Morgan fingerprint density at radius 2 is 1.24 bits per heavy atom. The molecule has 0 aliphatic heterocycles. The highest BCUT2D eigenvalue weighted by Gasteiger charge is 2.23. The van der Waals surface area contributed by atoms with Crippen molar-refractivity contribution in [3.8, 4) is 0 Å². The Bertz CT molecular complexity index is 944. The first-order valence-electron chi connectivity index (χ1n) is 17.3. The zero-order chi connectivity index (χ0) is 34.0. The van der Waals surface area contributed by atoms with Crippen LogP contribution in [0.4, 0.5) is 0 Å². The summed E-state index contributed by atoms with van der Waals surface area (Å²) in [5, 5.41) is 12.6. The highest BCUT2D eigenvalue weighted by atomic mass is 31.2. The van der Waals surface area contributed by atoms with Gasteiger partial charge in [-0.15, -0.1) is 0 Å². The van der Waals surface area contributed by atoms with Gasteiger partial charge < -0.3 is 20.1 Å². The lowest BCUT2D eigenvalue weighted by atomic mass is 10.1. The Kier molecular flexibility index (Phi) is 31.0. The summed E-state index contributed by atoms with van der Waals surface area (Å²) in [4.78, 5) is 33.6. The maximum Gasteiger partial charge on any atom is 0.472 e. The number of ether oxygens (including phenoxy) is 1. The van der Waals surface area contributed by atoms with E-state index in [1.54, 1.807) is 0 Å². The molecule has 0 radical (unpaired) electrons. The molecule has 3 N–H and O–H groups in total. The molecule has 0 aromatic heterocycles. The Morgan fingerprint density at radius 1 is 0.696 bits per heavy atom. The molecule has 264 valence electrons. The summed E-state index contributed by atoms with van der Waals surface area (Å²) in [6.07, 6.45) is 35.9. The SMILES string of the molecule is CC/C=C\C/C=C\C/C=C\C/C=C\CCCCC(=O)NCCOP(=O)(O)OCC(O)COC(=O)CCCCCCC/C=C\CCC. The molecule has 0 aliphatic carbocycles. The fraction of sp³-hybridized carbons (Fsp3) is 0.667. The van der Waals surface area contributed by atoms with Gasteiger partial charge in [-0.05, 0) is 70.6 Å². The summed E-state index contributed by atoms with van der Waals surface area (Å²) in [5.74, 6) is -0.578.